The molecule has 3 aromatic rings. The summed E-state index contributed by atoms with van der Waals surface area (Å²) >= 11 is 6.39. The first-order chi connectivity index (χ1) is 13.7. The Morgan fingerprint density at radius 2 is 1.93 bits per heavy atom. The summed E-state index contributed by atoms with van der Waals surface area (Å²) in [7, 11) is -4.14. The number of hydrogen-bond acceptors (Lipinski definition) is 5. The van der Waals surface area contributed by atoms with Crippen molar-refractivity contribution in [1.29, 1.82) is 0 Å². The van der Waals surface area contributed by atoms with Crippen LogP contribution < -0.4 is 5.32 Å². The Morgan fingerprint density at radius 3 is 2.62 bits per heavy atom. The van der Waals surface area contributed by atoms with Gasteiger partial charge in [-0.2, -0.15) is 0 Å². The fourth-order valence-electron chi connectivity index (χ4n) is 2.65. The molecule has 0 atom stereocenters. The lowest BCUT2D eigenvalue weighted by Crippen LogP contribution is -2.09. The largest absolute Gasteiger partial charge is 0.311 e. The molecule has 0 unspecified atom stereocenters. The number of nitrogens with zero attached hydrogens (tertiary/aromatic N) is 2. The third-order valence-corrected chi connectivity index (χ3v) is 6.04. The molecule has 0 fully saturated rings. The first kappa shape index (κ1) is 20.8. The van der Waals surface area contributed by atoms with Gasteiger partial charge in [-0.25, -0.2) is 22.2 Å². The quantitative estimate of drug-likeness (QED) is 0.609. The molecule has 1 aromatic carbocycles. The van der Waals surface area contributed by atoms with Gasteiger partial charge in [0.1, 0.15) is 22.3 Å². The van der Waals surface area contributed by atoms with Crippen LogP contribution in [-0.2, 0) is 20.4 Å². The van der Waals surface area contributed by atoms with Crippen LogP contribution in [0.3, 0.4) is 0 Å². The molecular formula is C19H14ClF2N3O3S. The van der Waals surface area contributed by atoms with Gasteiger partial charge >= 0.3 is 0 Å². The zero-order chi connectivity index (χ0) is 21.2. The number of hydrogen-bond donors (Lipinski definition) is 1. The number of pyridine rings is 2. The third-order valence-electron chi connectivity index (χ3n) is 3.90. The van der Waals surface area contributed by atoms with Crippen LogP contribution in [0.5, 0.6) is 0 Å². The summed E-state index contributed by atoms with van der Waals surface area (Å²) in [6, 6.07) is 5.42. The summed E-state index contributed by atoms with van der Waals surface area (Å²) < 4.78 is 52.2. The highest BCUT2D eigenvalue weighted by Gasteiger charge is 2.23. The summed E-state index contributed by atoms with van der Waals surface area (Å²) in [5.74, 6) is -2.70. The Balaban J connectivity index is 1.98. The van der Waals surface area contributed by atoms with Crippen LogP contribution in [0.1, 0.15) is 12.5 Å². The number of aromatic nitrogens is 2. The molecule has 0 radical (unpaired) electrons. The fourth-order valence-corrected chi connectivity index (χ4v) is 4.41. The van der Waals surface area contributed by atoms with Crippen LogP contribution in [-0.4, -0.2) is 24.3 Å². The summed E-state index contributed by atoms with van der Waals surface area (Å²) in [6.45, 7) is 1.34. The molecule has 6 nitrogen and oxygen atoms in total. The number of anilines is 1. The summed E-state index contributed by atoms with van der Waals surface area (Å²) in [6.07, 6.45) is 4.15. The maximum Gasteiger partial charge on any atom is 0.222 e. The highest BCUT2D eigenvalue weighted by molar-refractivity contribution is 7.90. The summed E-state index contributed by atoms with van der Waals surface area (Å²) in [5.41, 5.74) is 1.10. The average Bonchev–Trinajstić information content (AvgIpc) is 2.62. The van der Waals surface area contributed by atoms with Crippen molar-refractivity contribution in [3.63, 3.8) is 0 Å². The van der Waals surface area contributed by atoms with E-state index in [0.717, 1.165) is 12.1 Å². The Kier molecular flexibility index (Phi) is 5.90. The number of nitrogens with one attached hydrogen (secondary N) is 1. The van der Waals surface area contributed by atoms with Gasteiger partial charge in [-0.1, -0.05) is 11.6 Å². The van der Waals surface area contributed by atoms with Crippen LogP contribution in [0, 0.1) is 11.6 Å². The molecule has 0 saturated carbocycles. The molecule has 0 aliphatic carbocycles. The number of halogens is 3. The van der Waals surface area contributed by atoms with Gasteiger partial charge in [0.25, 0.3) is 0 Å². The van der Waals surface area contributed by atoms with Crippen molar-refractivity contribution in [1.82, 2.24) is 9.97 Å². The maximum absolute atomic E-state index is 13.9. The second kappa shape index (κ2) is 8.22. The molecule has 0 aliphatic heterocycles. The molecule has 1 N–H and O–H groups in total. The zero-order valence-corrected chi connectivity index (χ0v) is 16.6. The topological polar surface area (TPSA) is 89.0 Å². The van der Waals surface area contributed by atoms with E-state index < -0.39 is 32.1 Å². The van der Waals surface area contributed by atoms with Crippen LogP contribution in [0.25, 0.3) is 11.1 Å². The van der Waals surface area contributed by atoms with Crippen LogP contribution >= 0.6 is 11.6 Å². The summed E-state index contributed by atoms with van der Waals surface area (Å²) in [5, 5.41) is 2.64. The van der Waals surface area contributed by atoms with Crippen molar-refractivity contribution >= 4 is 33.2 Å². The van der Waals surface area contributed by atoms with Crippen LogP contribution in [0.15, 0.2) is 53.8 Å². The van der Waals surface area contributed by atoms with Gasteiger partial charge in [0.2, 0.25) is 5.91 Å². The predicted molar refractivity (Wildman–Crippen MR) is 104 cm³/mol. The van der Waals surface area contributed by atoms with Gasteiger partial charge < -0.3 is 5.32 Å². The second-order valence-corrected chi connectivity index (χ2v) is 8.44. The predicted octanol–water partition coefficient (Wildman–Crippen LogP) is 4.01. The Hall–Kier alpha value is -2.91. The van der Waals surface area contributed by atoms with E-state index in [0.29, 0.717) is 17.2 Å². The van der Waals surface area contributed by atoms with Crippen molar-refractivity contribution in [3.8, 4) is 11.1 Å². The smallest absolute Gasteiger partial charge is 0.222 e. The SMILES string of the molecule is CC(=O)Nc1cc(-c2cncc(CS(=O)(=O)c3ccc(F)cc3F)c2Cl)ccn1. The molecule has 29 heavy (non-hydrogen) atoms. The molecule has 10 heteroatoms. The van der Waals surface area contributed by atoms with E-state index in [-0.39, 0.29) is 22.3 Å². The fraction of sp³-hybridized carbons (Fsp3) is 0.105. The number of sulfone groups is 1. The Bertz CT molecular complexity index is 1200. The van der Waals surface area contributed by atoms with E-state index in [4.69, 9.17) is 11.6 Å². The first-order valence-corrected chi connectivity index (χ1v) is 10.2. The number of carbonyl (C=O) groups is 1. The Morgan fingerprint density at radius 1 is 1.17 bits per heavy atom. The van der Waals surface area contributed by atoms with Crippen molar-refractivity contribution in [2.45, 2.75) is 17.6 Å². The molecule has 2 aromatic heterocycles. The molecule has 0 spiro atoms. The van der Waals surface area contributed by atoms with Gasteiger partial charge in [-0.15, -0.1) is 0 Å². The van der Waals surface area contributed by atoms with Gasteiger partial charge in [-0.05, 0) is 29.8 Å². The van der Waals surface area contributed by atoms with Gasteiger partial charge in [0.05, 0.1) is 10.8 Å². The van der Waals surface area contributed by atoms with E-state index in [9.17, 15) is 22.0 Å². The molecule has 0 saturated heterocycles. The maximum atomic E-state index is 13.9. The van der Waals surface area contributed by atoms with Crippen LogP contribution in [0.2, 0.25) is 5.02 Å². The van der Waals surface area contributed by atoms with Crippen molar-refractivity contribution < 1.29 is 22.0 Å². The molecule has 2 heterocycles. The van der Waals surface area contributed by atoms with Crippen LogP contribution in [0.4, 0.5) is 14.6 Å². The third kappa shape index (κ3) is 4.75. The monoisotopic (exact) mass is 437 g/mol. The Labute approximate surface area is 170 Å². The van der Waals surface area contributed by atoms with E-state index in [1.165, 1.54) is 25.5 Å². The molecule has 1 amide bonds. The van der Waals surface area contributed by atoms with Crippen molar-refractivity contribution in [2.75, 3.05) is 5.32 Å². The van der Waals surface area contributed by atoms with Gasteiger partial charge in [0.15, 0.2) is 9.84 Å². The highest BCUT2D eigenvalue weighted by atomic mass is 35.5. The van der Waals surface area contributed by atoms with Gasteiger partial charge in [-0.3, -0.25) is 9.78 Å². The number of amides is 1. The average molecular weight is 438 g/mol. The lowest BCUT2D eigenvalue weighted by molar-refractivity contribution is -0.114. The minimum absolute atomic E-state index is 0.103. The highest BCUT2D eigenvalue weighted by Crippen LogP contribution is 2.32. The van der Waals surface area contributed by atoms with Crippen molar-refractivity contribution in [2.24, 2.45) is 0 Å². The van der Waals surface area contributed by atoms with E-state index in [1.54, 1.807) is 12.1 Å². The standard InChI is InChI=1S/C19H14ClF2N3O3S/c1-11(26)25-18-6-12(4-5-24-18)15-9-23-8-13(19(15)20)10-29(27,28)17-3-2-14(21)7-16(17)22/h2-9H,10H2,1H3,(H,24,25,26). The minimum atomic E-state index is -4.14. The summed E-state index contributed by atoms with van der Waals surface area (Å²) in [4.78, 5) is 18.6. The van der Waals surface area contributed by atoms with Crippen molar-refractivity contribution in [3.05, 3.63) is 71.1 Å². The van der Waals surface area contributed by atoms with E-state index in [2.05, 4.69) is 15.3 Å². The number of benzene rings is 1. The molecular weight excluding hydrogens is 424 g/mol. The number of carbonyl (C=O) groups excluding carboxylic acids is 1. The lowest BCUT2D eigenvalue weighted by Gasteiger charge is -2.11. The second-order valence-electron chi connectivity index (χ2n) is 6.10. The number of rotatable bonds is 5. The first-order valence-electron chi connectivity index (χ1n) is 8.21. The molecule has 150 valence electrons. The minimum Gasteiger partial charge on any atom is -0.311 e. The molecule has 0 bridgehead atoms. The molecule has 0 aliphatic rings. The van der Waals surface area contributed by atoms with E-state index in [1.807, 2.05) is 0 Å². The van der Waals surface area contributed by atoms with E-state index >= 15 is 0 Å². The normalized spacial score (nSPS) is 11.3. The molecule has 3 rings (SSSR count). The van der Waals surface area contributed by atoms with Gasteiger partial charge in [0, 0.05) is 42.7 Å². The lowest BCUT2D eigenvalue weighted by atomic mass is 10.1. The zero-order valence-electron chi connectivity index (χ0n) is 15.0.